The molecule has 1 aromatic carbocycles. The predicted octanol–water partition coefficient (Wildman–Crippen LogP) is 3.39. The molecule has 3 heterocycles. The van der Waals surface area contributed by atoms with E-state index in [9.17, 15) is 4.79 Å². The van der Waals surface area contributed by atoms with E-state index in [-0.39, 0.29) is 5.91 Å². The van der Waals surface area contributed by atoms with Crippen LogP contribution in [0.3, 0.4) is 0 Å². The zero-order chi connectivity index (χ0) is 19.5. The monoisotopic (exact) mass is 377 g/mol. The van der Waals surface area contributed by atoms with E-state index in [1.807, 2.05) is 12.3 Å². The molecule has 3 N–H and O–H groups in total. The first kappa shape index (κ1) is 18.5. The van der Waals surface area contributed by atoms with Crippen LogP contribution in [0.2, 0.25) is 0 Å². The third kappa shape index (κ3) is 3.73. The van der Waals surface area contributed by atoms with E-state index in [1.54, 1.807) is 13.2 Å². The Morgan fingerprint density at radius 1 is 1.29 bits per heavy atom. The van der Waals surface area contributed by atoms with Gasteiger partial charge in [0.2, 0.25) is 0 Å². The molecule has 4 rings (SSSR count). The largest absolute Gasteiger partial charge is 0.381 e. The molecule has 1 saturated heterocycles. The highest BCUT2D eigenvalue weighted by atomic mass is 16.1. The van der Waals surface area contributed by atoms with Crippen molar-refractivity contribution in [3.63, 3.8) is 0 Å². The molecule has 0 unspecified atom stereocenters. The number of likely N-dealkylation sites (tertiary alicyclic amines) is 1. The molecule has 146 valence electrons. The van der Waals surface area contributed by atoms with Crippen molar-refractivity contribution in [2.24, 2.45) is 0 Å². The molecule has 1 amide bonds. The van der Waals surface area contributed by atoms with Crippen molar-refractivity contribution in [1.82, 2.24) is 20.2 Å². The molecule has 3 aromatic rings. The number of carbonyl (C=O) groups is 1. The molecule has 28 heavy (non-hydrogen) atoms. The predicted molar refractivity (Wildman–Crippen MR) is 112 cm³/mol. The Kier molecular flexibility index (Phi) is 5.30. The average Bonchev–Trinajstić information content (AvgIpc) is 3.20. The number of anilines is 1. The van der Waals surface area contributed by atoms with Gasteiger partial charge in [0.15, 0.2) is 0 Å². The van der Waals surface area contributed by atoms with Crippen molar-refractivity contribution in [3.8, 4) is 0 Å². The molecule has 0 spiro atoms. The fraction of sp³-hybridized carbons (Fsp3) is 0.364. The molecule has 6 heteroatoms. The molecule has 1 fully saturated rings. The minimum Gasteiger partial charge on any atom is -0.381 e. The number of pyridine rings is 1. The molecule has 0 saturated carbocycles. The molecule has 2 aromatic heterocycles. The van der Waals surface area contributed by atoms with Gasteiger partial charge in [-0.1, -0.05) is 30.3 Å². The van der Waals surface area contributed by atoms with Crippen LogP contribution in [-0.4, -0.2) is 46.5 Å². The SMILES string of the molecule is CNC(=O)c1cnc2[nH]ccc2c1N[C@@H]1CCN(Cc2ccccc2)[C@H](C)C1. The quantitative estimate of drug-likeness (QED) is 0.637. The second-order valence-corrected chi connectivity index (χ2v) is 7.54. The maximum Gasteiger partial charge on any atom is 0.254 e. The molecule has 6 nitrogen and oxygen atoms in total. The van der Waals surface area contributed by atoms with Crippen LogP contribution in [0.1, 0.15) is 35.7 Å². The zero-order valence-electron chi connectivity index (χ0n) is 16.4. The topological polar surface area (TPSA) is 73.0 Å². The number of aromatic amines is 1. The van der Waals surface area contributed by atoms with E-state index in [0.717, 1.165) is 42.7 Å². The molecule has 0 radical (unpaired) electrons. The lowest BCUT2D eigenvalue weighted by Gasteiger charge is -2.38. The van der Waals surface area contributed by atoms with Crippen molar-refractivity contribution in [1.29, 1.82) is 0 Å². The number of benzene rings is 1. The number of amides is 1. The first-order valence-electron chi connectivity index (χ1n) is 9.88. The minimum atomic E-state index is -0.118. The van der Waals surface area contributed by atoms with Gasteiger partial charge in [-0.3, -0.25) is 9.69 Å². The lowest BCUT2D eigenvalue weighted by Crippen LogP contribution is -2.44. The van der Waals surface area contributed by atoms with Crippen LogP contribution >= 0.6 is 0 Å². The van der Waals surface area contributed by atoms with E-state index in [2.05, 4.69) is 62.8 Å². The number of rotatable bonds is 5. The molecule has 0 bridgehead atoms. The highest BCUT2D eigenvalue weighted by Gasteiger charge is 2.27. The van der Waals surface area contributed by atoms with Gasteiger partial charge in [-0.15, -0.1) is 0 Å². The van der Waals surface area contributed by atoms with Gasteiger partial charge in [-0.05, 0) is 31.4 Å². The molecular formula is C22H27N5O. The molecule has 2 atom stereocenters. The van der Waals surface area contributed by atoms with Crippen molar-refractivity contribution in [2.45, 2.75) is 38.4 Å². The number of piperidine rings is 1. The number of hydrogen-bond donors (Lipinski definition) is 3. The van der Waals surface area contributed by atoms with Gasteiger partial charge < -0.3 is 15.6 Å². The number of hydrogen-bond acceptors (Lipinski definition) is 4. The highest BCUT2D eigenvalue weighted by Crippen LogP contribution is 2.29. The van der Waals surface area contributed by atoms with Crippen molar-refractivity contribution >= 4 is 22.6 Å². The fourth-order valence-electron chi connectivity index (χ4n) is 4.08. The molecule has 1 aliphatic heterocycles. The van der Waals surface area contributed by atoms with E-state index in [4.69, 9.17) is 0 Å². The van der Waals surface area contributed by atoms with Crippen LogP contribution in [0, 0.1) is 0 Å². The van der Waals surface area contributed by atoms with Crippen LogP contribution < -0.4 is 10.6 Å². The molecule has 1 aliphatic rings. The number of nitrogens with zero attached hydrogens (tertiary/aromatic N) is 2. The summed E-state index contributed by atoms with van der Waals surface area (Å²) in [5, 5.41) is 7.34. The van der Waals surface area contributed by atoms with Gasteiger partial charge in [0, 0.05) is 50.0 Å². The smallest absolute Gasteiger partial charge is 0.254 e. The fourth-order valence-corrected chi connectivity index (χ4v) is 4.08. The second-order valence-electron chi connectivity index (χ2n) is 7.54. The Hall–Kier alpha value is -2.86. The normalized spacial score (nSPS) is 20.2. The maximum absolute atomic E-state index is 12.4. The van der Waals surface area contributed by atoms with Gasteiger partial charge in [0.1, 0.15) is 5.65 Å². The van der Waals surface area contributed by atoms with E-state index < -0.39 is 0 Å². The van der Waals surface area contributed by atoms with Crippen molar-refractivity contribution in [3.05, 3.63) is 59.9 Å². The van der Waals surface area contributed by atoms with Gasteiger partial charge in [0.25, 0.3) is 5.91 Å². The number of H-pyrrole nitrogens is 1. The maximum atomic E-state index is 12.4. The summed E-state index contributed by atoms with van der Waals surface area (Å²) in [6, 6.07) is 13.4. The number of carbonyl (C=O) groups excluding carboxylic acids is 1. The first-order chi connectivity index (χ1) is 13.7. The van der Waals surface area contributed by atoms with E-state index >= 15 is 0 Å². The van der Waals surface area contributed by atoms with Crippen molar-refractivity contribution in [2.75, 3.05) is 18.9 Å². The van der Waals surface area contributed by atoms with Crippen LogP contribution in [0.25, 0.3) is 11.0 Å². The summed E-state index contributed by atoms with van der Waals surface area (Å²) in [5.41, 5.74) is 3.61. The summed E-state index contributed by atoms with van der Waals surface area (Å²) >= 11 is 0. The summed E-state index contributed by atoms with van der Waals surface area (Å²) in [7, 11) is 1.65. The van der Waals surface area contributed by atoms with E-state index in [0.29, 0.717) is 17.6 Å². The Morgan fingerprint density at radius 3 is 2.86 bits per heavy atom. The van der Waals surface area contributed by atoms with Gasteiger partial charge in [0.05, 0.1) is 11.3 Å². The third-order valence-electron chi connectivity index (χ3n) is 5.65. The highest BCUT2D eigenvalue weighted by molar-refractivity contribution is 6.06. The third-order valence-corrected chi connectivity index (χ3v) is 5.65. The van der Waals surface area contributed by atoms with Crippen LogP contribution in [0.5, 0.6) is 0 Å². The van der Waals surface area contributed by atoms with Gasteiger partial charge in [-0.25, -0.2) is 4.98 Å². The summed E-state index contributed by atoms with van der Waals surface area (Å²) in [6.45, 7) is 4.30. The molecule has 0 aliphatic carbocycles. The first-order valence-corrected chi connectivity index (χ1v) is 9.88. The number of fused-ring (bicyclic) bond motifs is 1. The van der Waals surface area contributed by atoms with Gasteiger partial charge >= 0.3 is 0 Å². The average molecular weight is 377 g/mol. The lowest BCUT2D eigenvalue weighted by atomic mass is 9.96. The standard InChI is InChI=1S/C22H27N5O/c1-15-12-17(9-11-27(15)14-16-6-4-3-5-7-16)26-20-18-8-10-24-21(18)25-13-19(20)22(28)23-2/h3-8,10,13,15,17H,9,11-12,14H2,1-2H3,(H,23,28)(H2,24,25,26)/t15-,17-/m1/s1. The van der Waals surface area contributed by atoms with Crippen LogP contribution in [0.15, 0.2) is 48.8 Å². The minimum absolute atomic E-state index is 0.118. The summed E-state index contributed by atoms with van der Waals surface area (Å²) in [6.07, 6.45) is 5.59. The summed E-state index contributed by atoms with van der Waals surface area (Å²) in [5.74, 6) is -0.118. The van der Waals surface area contributed by atoms with Crippen LogP contribution in [-0.2, 0) is 6.54 Å². The Balaban J connectivity index is 1.50. The number of aromatic nitrogens is 2. The number of nitrogens with one attached hydrogen (secondary N) is 3. The Bertz CT molecular complexity index is 952. The van der Waals surface area contributed by atoms with Crippen molar-refractivity contribution < 1.29 is 4.79 Å². The zero-order valence-corrected chi connectivity index (χ0v) is 16.4. The molecular weight excluding hydrogens is 350 g/mol. The Labute approximate surface area is 165 Å². The van der Waals surface area contributed by atoms with Gasteiger partial charge in [-0.2, -0.15) is 0 Å². The lowest BCUT2D eigenvalue weighted by molar-refractivity contribution is 0.0963. The summed E-state index contributed by atoms with van der Waals surface area (Å²) < 4.78 is 0. The Morgan fingerprint density at radius 2 is 2.11 bits per heavy atom. The van der Waals surface area contributed by atoms with Crippen LogP contribution in [0.4, 0.5) is 5.69 Å². The van der Waals surface area contributed by atoms with E-state index in [1.165, 1.54) is 5.56 Å². The summed E-state index contributed by atoms with van der Waals surface area (Å²) in [4.78, 5) is 22.4. The second kappa shape index (κ2) is 8.02.